The van der Waals surface area contributed by atoms with Crippen LogP contribution >= 0.6 is 0 Å². The number of benzene rings is 1. The van der Waals surface area contributed by atoms with E-state index in [-0.39, 0.29) is 23.5 Å². The monoisotopic (exact) mass is 290 g/mol. The Balaban J connectivity index is 1.73. The summed E-state index contributed by atoms with van der Waals surface area (Å²) in [6.45, 7) is 0. The normalized spacial score (nSPS) is 21.6. The van der Waals surface area contributed by atoms with Crippen molar-refractivity contribution in [3.63, 3.8) is 0 Å². The van der Waals surface area contributed by atoms with Crippen LogP contribution in [0.1, 0.15) is 29.8 Å². The minimum atomic E-state index is -0.820. The summed E-state index contributed by atoms with van der Waals surface area (Å²) in [5, 5.41) is 12.1. The van der Waals surface area contributed by atoms with Crippen molar-refractivity contribution in [2.45, 2.75) is 25.3 Å². The lowest BCUT2D eigenvalue weighted by Gasteiger charge is -2.11. The molecule has 1 aromatic heterocycles. The van der Waals surface area contributed by atoms with Crippen LogP contribution in [0.4, 0.5) is 4.39 Å². The number of carboxylic acid groups (broad SMARTS) is 1. The van der Waals surface area contributed by atoms with Crippen molar-refractivity contribution in [3.05, 3.63) is 35.8 Å². The third kappa shape index (κ3) is 2.61. The minimum absolute atomic E-state index is 0.144. The Morgan fingerprint density at radius 3 is 2.81 bits per heavy atom. The topological polar surface area (TPSA) is 82.2 Å². The number of carboxylic acids is 1. The van der Waals surface area contributed by atoms with Gasteiger partial charge >= 0.3 is 5.97 Å². The molecular formula is C15H15FN2O3. The average Bonchev–Trinajstić information content (AvgIpc) is 3.05. The van der Waals surface area contributed by atoms with Gasteiger partial charge in [0, 0.05) is 16.9 Å². The van der Waals surface area contributed by atoms with Crippen molar-refractivity contribution in [1.82, 2.24) is 10.3 Å². The van der Waals surface area contributed by atoms with Crippen LogP contribution in [0.15, 0.2) is 24.3 Å². The number of aromatic amines is 1. The third-order valence-corrected chi connectivity index (χ3v) is 3.97. The summed E-state index contributed by atoms with van der Waals surface area (Å²) in [5.41, 5.74) is 0.851. The first-order valence-corrected chi connectivity index (χ1v) is 6.85. The number of halogens is 1. The summed E-state index contributed by atoms with van der Waals surface area (Å²) in [4.78, 5) is 25.9. The maximum Gasteiger partial charge on any atom is 0.306 e. The summed E-state index contributed by atoms with van der Waals surface area (Å²) >= 11 is 0. The molecule has 0 aliphatic heterocycles. The largest absolute Gasteiger partial charge is 0.481 e. The van der Waals surface area contributed by atoms with Gasteiger partial charge in [0.15, 0.2) is 0 Å². The highest BCUT2D eigenvalue weighted by Crippen LogP contribution is 2.26. The van der Waals surface area contributed by atoms with Crippen molar-refractivity contribution in [2.24, 2.45) is 5.92 Å². The van der Waals surface area contributed by atoms with Gasteiger partial charge in [0.05, 0.1) is 5.92 Å². The van der Waals surface area contributed by atoms with E-state index >= 15 is 0 Å². The molecule has 1 aromatic carbocycles. The predicted octanol–water partition coefficient (Wildman–Crippen LogP) is 2.29. The van der Waals surface area contributed by atoms with Gasteiger partial charge in [-0.25, -0.2) is 4.39 Å². The summed E-state index contributed by atoms with van der Waals surface area (Å²) in [7, 11) is 0. The number of hydrogen-bond acceptors (Lipinski definition) is 2. The lowest BCUT2D eigenvalue weighted by molar-refractivity contribution is -0.141. The van der Waals surface area contributed by atoms with E-state index in [0.717, 1.165) is 0 Å². The Labute approximate surface area is 120 Å². The molecule has 1 fully saturated rings. The van der Waals surface area contributed by atoms with E-state index in [0.29, 0.717) is 30.2 Å². The summed E-state index contributed by atoms with van der Waals surface area (Å²) in [5.74, 6) is -1.92. The standard InChI is InChI=1S/C15H15FN2O3/c16-11-2-1-3-12-10(11)7-13(18-12)14(19)17-9-5-4-8(6-9)15(20)21/h1-3,7-9,18H,4-6H2,(H,17,19)(H,20,21)/t8-,9+/m1/s1. The first kappa shape index (κ1) is 13.6. The van der Waals surface area contributed by atoms with E-state index in [4.69, 9.17) is 5.11 Å². The van der Waals surface area contributed by atoms with Gasteiger partial charge in [-0.2, -0.15) is 0 Å². The van der Waals surface area contributed by atoms with Crippen LogP contribution in [0.25, 0.3) is 10.9 Å². The van der Waals surface area contributed by atoms with Crippen LogP contribution in [0.2, 0.25) is 0 Å². The van der Waals surface area contributed by atoms with E-state index in [1.807, 2.05) is 0 Å². The first-order valence-electron chi connectivity index (χ1n) is 6.85. The summed E-state index contributed by atoms with van der Waals surface area (Å²) in [6, 6.07) is 5.95. The highest BCUT2D eigenvalue weighted by molar-refractivity contribution is 5.98. The number of carbonyl (C=O) groups is 2. The van der Waals surface area contributed by atoms with Gasteiger partial charge in [0.1, 0.15) is 11.5 Å². The van der Waals surface area contributed by atoms with Crippen molar-refractivity contribution < 1.29 is 19.1 Å². The molecule has 5 nitrogen and oxygen atoms in total. The zero-order chi connectivity index (χ0) is 15.0. The smallest absolute Gasteiger partial charge is 0.306 e. The maximum absolute atomic E-state index is 13.6. The second-order valence-electron chi connectivity index (χ2n) is 5.40. The number of fused-ring (bicyclic) bond motifs is 1. The Morgan fingerprint density at radius 2 is 2.14 bits per heavy atom. The Hall–Kier alpha value is -2.37. The van der Waals surface area contributed by atoms with E-state index in [1.54, 1.807) is 12.1 Å². The molecule has 1 aliphatic carbocycles. The zero-order valence-electron chi connectivity index (χ0n) is 11.2. The summed E-state index contributed by atoms with van der Waals surface area (Å²) in [6.07, 6.45) is 1.66. The number of aliphatic carboxylic acids is 1. The van der Waals surface area contributed by atoms with Gasteiger partial charge in [-0.15, -0.1) is 0 Å². The first-order chi connectivity index (χ1) is 10.0. The zero-order valence-corrected chi connectivity index (χ0v) is 11.2. The number of aromatic nitrogens is 1. The molecule has 0 bridgehead atoms. The molecule has 0 radical (unpaired) electrons. The molecule has 0 saturated heterocycles. The van der Waals surface area contributed by atoms with Crippen molar-refractivity contribution in [1.29, 1.82) is 0 Å². The molecular weight excluding hydrogens is 275 g/mol. The molecule has 21 heavy (non-hydrogen) atoms. The van der Waals surface area contributed by atoms with Crippen molar-refractivity contribution in [2.75, 3.05) is 0 Å². The number of nitrogens with one attached hydrogen (secondary N) is 2. The van der Waals surface area contributed by atoms with Crippen LogP contribution in [0.5, 0.6) is 0 Å². The number of amides is 1. The van der Waals surface area contributed by atoms with Gasteiger partial charge in [0.2, 0.25) is 0 Å². The molecule has 6 heteroatoms. The fourth-order valence-corrected chi connectivity index (χ4v) is 2.84. The van der Waals surface area contributed by atoms with Gasteiger partial charge in [-0.3, -0.25) is 9.59 Å². The fourth-order valence-electron chi connectivity index (χ4n) is 2.84. The molecule has 2 atom stereocenters. The number of carbonyl (C=O) groups excluding carboxylic acids is 1. The van der Waals surface area contributed by atoms with Crippen molar-refractivity contribution in [3.8, 4) is 0 Å². The van der Waals surface area contributed by atoms with Gasteiger partial charge in [-0.1, -0.05) is 6.07 Å². The van der Waals surface area contributed by atoms with Crippen LogP contribution in [-0.4, -0.2) is 28.0 Å². The fraction of sp³-hybridized carbons (Fsp3) is 0.333. The van der Waals surface area contributed by atoms with Crippen molar-refractivity contribution >= 4 is 22.8 Å². The van der Waals surface area contributed by atoms with Gasteiger partial charge in [0.25, 0.3) is 5.91 Å². The SMILES string of the molecule is O=C(N[C@H]1CC[C@@H](C(=O)O)C1)c1cc2c(F)cccc2[nH]1. The van der Waals surface area contributed by atoms with Crippen LogP contribution in [-0.2, 0) is 4.79 Å². The van der Waals surface area contributed by atoms with Crippen LogP contribution in [0.3, 0.4) is 0 Å². The number of H-pyrrole nitrogens is 1. The Morgan fingerprint density at radius 1 is 1.33 bits per heavy atom. The van der Waals surface area contributed by atoms with Crippen LogP contribution < -0.4 is 5.32 Å². The van der Waals surface area contributed by atoms with Crippen LogP contribution in [0, 0.1) is 11.7 Å². The molecule has 1 heterocycles. The summed E-state index contributed by atoms with van der Waals surface area (Å²) < 4.78 is 13.6. The van der Waals surface area contributed by atoms with E-state index in [1.165, 1.54) is 12.1 Å². The minimum Gasteiger partial charge on any atom is -0.481 e. The van der Waals surface area contributed by atoms with Gasteiger partial charge in [-0.05, 0) is 37.5 Å². The molecule has 3 rings (SSSR count). The van der Waals surface area contributed by atoms with E-state index in [2.05, 4.69) is 10.3 Å². The molecule has 1 saturated carbocycles. The second-order valence-corrected chi connectivity index (χ2v) is 5.40. The van der Waals surface area contributed by atoms with E-state index in [9.17, 15) is 14.0 Å². The lowest BCUT2D eigenvalue weighted by Crippen LogP contribution is -2.33. The van der Waals surface area contributed by atoms with Gasteiger partial charge < -0.3 is 15.4 Å². The Kier molecular flexibility index (Phi) is 3.37. The highest BCUT2D eigenvalue weighted by atomic mass is 19.1. The van der Waals surface area contributed by atoms with E-state index < -0.39 is 11.9 Å². The lowest BCUT2D eigenvalue weighted by atomic mass is 10.1. The second kappa shape index (κ2) is 5.20. The predicted molar refractivity (Wildman–Crippen MR) is 74.5 cm³/mol. The maximum atomic E-state index is 13.6. The highest BCUT2D eigenvalue weighted by Gasteiger charge is 2.30. The third-order valence-electron chi connectivity index (χ3n) is 3.97. The Bertz CT molecular complexity index is 710. The molecule has 0 unspecified atom stereocenters. The molecule has 0 spiro atoms. The molecule has 3 N–H and O–H groups in total. The average molecular weight is 290 g/mol. The molecule has 1 amide bonds. The number of rotatable bonds is 3. The molecule has 1 aliphatic rings. The number of hydrogen-bond donors (Lipinski definition) is 3. The molecule has 110 valence electrons. The quantitative estimate of drug-likeness (QED) is 0.811. The molecule has 2 aromatic rings.